The van der Waals surface area contributed by atoms with E-state index >= 15 is 0 Å². The number of non-ortho nitro benzene ring substituents is 1. The van der Waals surface area contributed by atoms with Crippen LogP contribution in [0.1, 0.15) is 19.4 Å². The average Bonchev–Trinajstić information content (AvgIpc) is 2.96. The highest BCUT2D eigenvalue weighted by Crippen LogP contribution is 2.26. The van der Waals surface area contributed by atoms with E-state index in [2.05, 4.69) is 4.98 Å². The number of esters is 1. The molecule has 0 radical (unpaired) electrons. The van der Waals surface area contributed by atoms with Crippen molar-refractivity contribution < 1.29 is 14.5 Å². The van der Waals surface area contributed by atoms with E-state index in [4.69, 9.17) is 4.74 Å². The molecule has 134 valence electrons. The van der Waals surface area contributed by atoms with Crippen LogP contribution in [0.5, 0.6) is 6.01 Å². The molecule has 0 unspecified atom stereocenters. The molecule has 0 atom stereocenters. The lowest BCUT2D eigenvalue weighted by atomic mass is 10.1. The molecule has 3 rings (SSSR count). The third kappa shape index (κ3) is 3.72. The molecule has 1 heterocycles. The van der Waals surface area contributed by atoms with Gasteiger partial charge in [-0.15, -0.1) is 0 Å². The van der Waals surface area contributed by atoms with Crippen LogP contribution in [0.4, 0.5) is 5.69 Å². The first-order valence-corrected chi connectivity index (χ1v) is 8.36. The Hall–Kier alpha value is -3.22. The minimum atomic E-state index is -0.451. The molecular weight excluding hydrogens is 334 g/mol. The highest BCUT2D eigenvalue weighted by Gasteiger charge is 2.19. The second-order valence-corrected chi connectivity index (χ2v) is 6.29. The van der Waals surface area contributed by atoms with E-state index in [1.807, 2.05) is 30.3 Å². The molecule has 0 N–H and O–H groups in total. The van der Waals surface area contributed by atoms with Crippen molar-refractivity contribution in [2.45, 2.75) is 26.8 Å². The molecule has 0 saturated carbocycles. The highest BCUT2D eigenvalue weighted by atomic mass is 16.6. The Morgan fingerprint density at radius 3 is 2.62 bits per heavy atom. The van der Waals surface area contributed by atoms with Gasteiger partial charge in [0.25, 0.3) is 5.69 Å². The summed E-state index contributed by atoms with van der Waals surface area (Å²) >= 11 is 0. The maximum Gasteiger partial charge on any atom is 0.316 e. The summed E-state index contributed by atoms with van der Waals surface area (Å²) in [6.45, 7) is 3.97. The van der Waals surface area contributed by atoms with Gasteiger partial charge < -0.3 is 4.74 Å². The molecule has 26 heavy (non-hydrogen) atoms. The number of hydrogen-bond acceptors (Lipinski definition) is 5. The summed E-state index contributed by atoms with van der Waals surface area (Å²) in [5, 5.41) is 11.1. The number of aromatic nitrogens is 2. The van der Waals surface area contributed by atoms with Crippen LogP contribution in [0.2, 0.25) is 0 Å². The summed E-state index contributed by atoms with van der Waals surface area (Å²) in [4.78, 5) is 27.0. The Labute approximate surface area is 150 Å². The van der Waals surface area contributed by atoms with Gasteiger partial charge in [-0.3, -0.25) is 19.5 Å². The Kier molecular flexibility index (Phi) is 4.97. The molecule has 0 aliphatic carbocycles. The molecule has 7 heteroatoms. The summed E-state index contributed by atoms with van der Waals surface area (Å²) in [5.41, 5.74) is 2.21. The van der Waals surface area contributed by atoms with Crippen LogP contribution in [-0.2, 0) is 17.8 Å². The molecular formula is C19H19N3O4. The number of fused-ring (bicyclic) bond motifs is 1. The van der Waals surface area contributed by atoms with Crippen LogP contribution in [0.15, 0.2) is 48.5 Å². The van der Waals surface area contributed by atoms with E-state index in [0.717, 1.165) is 5.56 Å². The standard InChI is InChI=1S/C19H19N3O4/c1-13(2)18(23)26-19-20-16-9-8-15(22(24)25)12-17(16)21(19)11-10-14-6-4-3-5-7-14/h3-9,12-13H,10-11H2,1-2H3. The van der Waals surface area contributed by atoms with Crippen molar-refractivity contribution >= 4 is 22.7 Å². The molecule has 7 nitrogen and oxygen atoms in total. The van der Waals surface area contributed by atoms with E-state index in [1.54, 1.807) is 24.5 Å². The summed E-state index contributed by atoms with van der Waals surface area (Å²) in [7, 11) is 0. The SMILES string of the molecule is CC(C)C(=O)Oc1nc2ccc([N+](=O)[O-])cc2n1CCc1ccccc1. The Morgan fingerprint density at radius 1 is 1.23 bits per heavy atom. The largest absolute Gasteiger partial charge is 0.392 e. The number of benzene rings is 2. The van der Waals surface area contributed by atoms with E-state index < -0.39 is 10.9 Å². The normalized spacial score (nSPS) is 11.0. The smallest absolute Gasteiger partial charge is 0.316 e. The van der Waals surface area contributed by atoms with Gasteiger partial charge in [0.1, 0.15) is 0 Å². The number of hydrogen-bond donors (Lipinski definition) is 0. The van der Waals surface area contributed by atoms with E-state index in [1.165, 1.54) is 12.1 Å². The van der Waals surface area contributed by atoms with Gasteiger partial charge in [-0.25, -0.2) is 0 Å². The van der Waals surface area contributed by atoms with Crippen molar-refractivity contribution in [3.05, 3.63) is 64.2 Å². The van der Waals surface area contributed by atoms with Crippen molar-refractivity contribution in [3.8, 4) is 6.01 Å². The maximum absolute atomic E-state index is 12.0. The topological polar surface area (TPSA) is 87.3 Å². The fourth-order valence-electron chi connectivity index (χ4n) is 2.59. The van der Waals surface area contributed by atoms with Crippen LogP contribution in [0, 0.1) is 16.0 Å². The second-order valence-electron chi connectivity index (χ2n) is 6.29. The van der Waals surface area contributed by atoms with Crippen LogP contribution >= 0.6 is 0 Å². The van der Waals surface area contributed by atoms with Gasteiger partial charge in [-0.05, 0) is 18.1 Å². The predicted octanol–water partition coefficient (Wildman–Crippen LogP) is 3.75. The molecule has 0 spiro atoms. The number of nitro benzene ring substituents is 1. The van der Waals surface area contributed by atoms with Gasteiger partial charge in [-0.1, -0.05) is 44.2 Å². The Bertz CT molecular complexity index is 948. The molecule has 0 saturated heterocycles. The molecule has 0 bridgehead atoms. The fourth-order valence-corrected chi connectivity index (χ4v) is 2.59. The van der Waals surface area contributed by atoms with Crippen molar-refractivity contribution in [2.75, 3.05) is 0 Å². The first kappa shape index (κ1) is 17.6. The van der Waals surface area contributed by atoms with Crippen molar-refractivity contribution in [3.63, 3.8) is 0 Å². The molecule has 0 fully saturated rings. The fraction of sp³-hybridized carbons (Fsp3) is 0.263. The van der Waals surface area contributed by atoms with E-state index in [-0.39, 0.29) is 17.6 Å². The van der Waals surface area contributed by atoms with Gasteiger partial charge in [0.05, 0.1) is 21.9 Å². The number of nitro groups is 1. The number of rotatable bonds is 6. The third-order valence-electron chi connectivity index (χ3n) is 4.04. The molecule has 1 aromatic heterocycles. The van der Waals surface area contributed by atoms with Crippen LogP contribution in [-0.4, -0.2) is 20.4 Å². The molecule has 0 aliphatic heterocycles. The summed E-state index contributed by atoms with van der Waals surface area (Å²) < 4.78 is 7.14. The number of ether oxygens (including phenoxy) is 1. The Morgan fingerprint density at radius 2 is 1.96 bits per heavy atom. The van der Waals surface area contributed by atoms with Crippen molar-refractivity contribution in [1.29, 1.82) is 0 Å². The number of aryl methyl sites for hydroxylation is 2. The van der Waals surface area contributed by atoms with Gasteiger partial charge in [-0.2, -0.15) is 4.98 Å². The zero-order chi connectivity index (χ0) is 18.7. The molecule has 2 aromatic carbocycles. The quantitative estimate of drug-likeness (QED) is 0.383. The Balaban J connectivity index is 2.00. The summed E-state index contributed by atoms with van der Waals surface area (Å²) in [6, 6.07) is 14.4. The summed E-state index contributed by atoms with van der Waals surface area (Å²) in [6.07, 6.45) is 0.682. The van der Waals surface area contributed by atoms with Crippen molar-refractivity contribution in [2.24, 2.45) is 5.92 Å². The van der Waals surface area contributed by atoms with Gasteiger partial charge in [0, 0.05) is 18.7 Å². The number of carbonyl (C=O) groups is 1. The zero-order valence-electron chi connectivity index (χ0n) is 14.6. The molecule has 0 amide bonds. The minimum absolute atomic E-state index is 0.0277. The lowest BCUT2D eigenvalue weighted by molar-refractivity contribution is -0.384. The molecule has 0 aliphatic rings. The van der Waals surface area contributed by atoms with Crippen LogP contribution in [0.3, 0.4) is 0 Å². The van der Waals surface area contributed by atoms with Crippen LogP contribution < -0.4 is 4.74 Å². The van der Waals surface area contributed by atoms with Gasteiger partial charge in [0.2, 0.25) is 0 Å². The molecule has 3 aromatic rings. The monoisotopic (exact) mass is 353 g/mol. The van der Waals surface area contributed by atoms with Crippen molar-refractivity contribution in [1.82, 2.24) is 9.55 Å². The lowest BCUT2D eigenvalue weighted by Gasteiger charge is -2.10. The number of imidazole rings is 1. The predicted molar refractivity (Wildman–Crippen MR) is 97.0 cm³/mol. The first-order chi connectivity index (χ1) is 12.5. The highest BCUT2D eigenvalue weighted by molar-refractivity contribution is 5.81. The van der Waals surface area contributed by atoms with E-state index in [9.17, 15) is 14.9 Å². The van der Waals surface area contributed by atoms with Crippen LogP contribution in [0.25, 0.3) is 11.0 Å². The maximum atomic E-state index is 12.0. The average molecular weight is 353 g/mol. The number of carbonyl (C=O) groups excluding carboxylic acids is 1. The lowest BCUT2D eigenvalue weighted by Crippen LogP contribution is -2.18. The second kappa shape index (κ2) is 7.35. The minimum Gasteiger partial charge on any atom is -0.392 e. The zero-order valence-corrected chi connectivity index (χ0v) is 14.6. The third-order valence-corrected chi connectivity index (χ3v) is 4.04. The number of nitrogens with zero attached hydrogens (tertiary/aromatic N) is 3. The van der Waals surface area contributed by atoms with Gasteiger partial charge in [0.15, 0.2) is 0 Å². The summed E-state index contributed by atoms with van der Waals surface area (Å²) in [5.74, 6) is -0.692. The van der Waals surface area contributed by atoms with E-state index in [0.29, 0.717) is 24.0 Å². The first-order valence-electron chi connectivity index (χ1n) is 8.36. The van der Waals surface area contributed by atoms with Gasteiger partial charge >= 0.3 is 12.0 Å².